The van der Waals surface area contributed by atoms with E-state index in [1.807, 2.05) is 7.05 Å². The smallest absolute Gasteiger partial charge is 0.338 e. The summed E-state index contributed by atoms with van der Waals surface area (Å²) in [4.78, 5) is 13.1. The molecular formula is C16H22FNO2. The lowest BCUT2D eigenvalue weighted by molar-refractivity contribution is 0.0691. The van der Waals surface area contributed by atoms with Gasteiger partial charge < -0.3 is 5.11 Å². The largest absolute Gasteiger partial charge is 0.478 e. The second-order valence-electron chi connectivity index (χ2n) is 5.64. The Morgan fingerprint density at radius 2 is 1.95 bits per heavy atom. The molecule has 1 aromatic carbocycles. The Balaban J connectivity index is 2.08. The van der Waals surface area contributed by atoms with Gasteiger partial charge >= 0.3 is 5.97 Å². The minimum absolute atomic E-state index is 0.239. The van der Waals surface area contributed by atoms with Crippen LogP contribution in [0.2, 0.25) is 0 Å². The number of carboxylic acids is 1. The Morgan fingerprint density at radius 3 is 2.55 bits per heavy atom. The molecule has 110 valence electrons. The zero-order chi connectivity index (χ0) is 14.5. The van der Waals surface area contributed by atoms with Crippen LogP contribution >= 0.6 is 0 Å². The van der Waals surface area contributed by atoms with Crippen LogP contribution in [0, 0.1) is 5.82 Å². The normalized spacial score (nSPS) is 17.1. The van der Waals surface area contributed by atoms with E-state index in [0.29, 0.717) is 18.2 Å². The quantitative estimate of drug-likeness (QED) is 0.855. The van der Waals surface area contributed by atoms with Crippen LogP contribution in [0.25, 0.3) is 0 Å². The molecule has 4 heteroatoms. The molecule has 0 bridgehead atoms. The van der Waals surface area contributed by atoms with Crippen LogP contribution in [-0.2, 0) is 6.54 Å². The SMILES string of the molecule is CN(Cc1cccc(C(=O)O)c1F)C1CCCCCC1. The maximum Gasteiger partial charge on any atom is 0.338 e. The molecule has 0 aliphatic heterocycles. The Hall–Kier alpha value is -1.42. The van der Waals surface area contributed by atoms with Gasteiger partial charge in [0.1, 0.15) is 5.82 Å². The van der Waals surface area contributed by atoms with Crippen LogP contribution < -0.4 is 0 Å². The average molecular weight is 279 g/mol. The lowest BCUT2D eigenvalue weighted by Crippen LogP contribution is -2.31. The van der Waals surface area contributed by atoms with Gasteiger partial charge in [-0.15, -0.1) is 0 Å². The maximum absolute atomic E-state index is 14.1. The minimum Gasteiger partial charge on any atom is -0.478 e. The van der Waals surface area contributed by atoms with E-state index in [1.165, 1.54) is 31.7 Å². The summed E-state index contributed by atoms with van der Waals surface area (Å²) in [5.74, 6) is -1.80. The Labute approximate surface area is 119 Å². The molecule has 1 N–H and O–H groups in total. The molecule has 1 aromatic rings. The molecule has 0 atom stereocenters. The fourth-order valence-electron chi connectivity index (χ4n) is 2.96. The van der Waals surface area contributed by atoms with Gasteiger partial charge in [0.25, 0.3) is 0 Å². The van der Waals surface area contributed by atoms with Crippen molar-refractivity contribution in [3.8, 4) is 0 Å². The highest BCUT2D eigenvalue weighted by Gasteiger charge is 2.20. The molecule has 0 aromatic heterocycles. The molecule has 20 heavy (non-hydrogen) atoms. The molecule has 2 rings (SSSR count). The van der Waals surface area contributed by atoms with E-state index in [-0.39, 0.29) is 5.56 Å². The first kappa shape index (κ1) is 15.0. The van der Waals surface area contributed by atoms with Crippen molar-refractivity contribution in [2.45, 2.75) is 51.1 Å². The van der Waals surface area contributed by atoms with Gasteiger partial charge in [-0.1, -0.05) is 37.8 Å². The number of rotatable bonds is 4. The number of carbonyl (C=O) groups is 1. The molecule has 3 nitrogen and oxygen atoms in total. The van der Waals surface area contributed by atoms with E-state index in [1.54, 1.807) is 12.1 Å². The molecule has 0 amide bonds. The highest BCUT2D eigenvalue weighted by Crippen LogP contribution is 2.23. The number of halogens is 1. The molecule has 0 spiro atoms. The van der Waals surface area contributed by atoms with Gasteiger partial charge in [-0.05, 0) is 26.0 Å². The topological polar surface area (TPSA) is 40.5 Å². The number of benzene rings is 1. The monoisotopic (exact) mass is 279 g/mol. The number of carboxylic acid groups (broad SMARTS) is 1. The molecular weight excluding hydrogens is 257 g/mol. The molecule has 1 fully saturated rings. The molecule has 1 aliphatic carbocycles. The lowest BCUT2D eigenvalue weighted by atomic mass is 10.1. The van der Waals surface area contributed by atoms with Crippen molar-refractivity contribution < 1.29 is 14.3 Å². The third-order valence-electron chi connectivity index (χ3n) is 4.18. The Morgan fingerprint density at radius 1 is 1.30 bits per heavy atom. The van der Waals surface area contributed by atoms with Crippen molar-refractivity contribution in [1.82, 2.24) is 4.90 Å². The van der Waals surface area contributed by atoms with Crippen molar-refractivity contribution in [2.24, 2.45) is 0 Å². The van der Waals surface area contributed by atoms with Crippen LogP contribution in [0.15, 0.2) is 18.2 Å². The summed E-state index contributed by atoms with van der Waals surface area (Å²) in [5.41, 5.74) is 0.230. The third-order valence-corrected chi connectivity index (χ3v) is 4.18. The first-order valence-corrected chi connectivity index (χ1v) is 7.30. The zero-order valence-corrected chi connectivity index (χ0v) is 11.9. The maximum atomic E-state index is 14.1. The summed E-state index contributed by atoms with van der Waals surface area (Å²) in [7, 11) is 2.00. The van der Waals surface area contributed by atoms with E-state index in [4.69, 9.17) is 5.11 Å². The number of hydrogen-bond donors (Lipinski definition) is 1. The lowest BCUT2D eigenvalue weighted by Gasteiger charge is -2.27. The van der Waals surface area contributed by atoms with Crippen molar-refractivity contribution in [2.75, 3.05) is 7.05 Å². The minimum atomic E-state index is -1.21. The average Bonchev–Trinajstić information content (AvgIpc) is 2.69. The van der Waals surface area contributed by atoms with Crippen LogP contribution in [0.4, 0.5) is 4.39 Å². The number of hydrogen-bond acceptors (Lipinski definition) is 2. The standard InChI is InChI=1S/C16H22FNO2/c1-18(13-8-4-2-3-5-9-13)11-12-7-6-10-14(15(12)17)16(19)20/h6-7,10,13H,2-5,8-9,11H2,1H3,(H,19,20). The van der Waals surface area contributed by atoms with Gasteiger partial charge in [-0.25, -0.2) is 9.18 Å². The van der Waals surface area contributed by atoms with Crippen LogP contribution in [-0.4, -0.2) is 29.1 Å². The van der Waals surface area contributed by atoms with E-state index in [9.17, 15) is 9.18 Å². The van der Waals surface area contributed by atoms with Gasteiger partial charge in [0.05, 0.1) is 5.56 Å². The molecule has 0 saturated heterocycles. The summed E-state index contributed by atoms with van der Waals surface area (Å²) < 4.78 is 14.1. The highest BCUT2D eigenvalue weighted by atomic mass is 19.1. The van der Waals surface area contributed by atoms with Gasteiger partial charge in [0, 0.05) is 18.2 Å². The van der Waals surface area contributed by atoms with Crippen molar-refractivity contribution in [1.29, 1.82) is 0 Å². The van der Waals surface area contributed by atoms with Gasteiger partial charge in [-0.2, -0.15) is 0 Å². The second kappa shape index (κ2) is 6.84. The third kappa shape index (κ3) is 3.57. The first-order chi connectivity index (χ1) is 9.59. The summed E-state index contributed by atoms with van der Waals surface area (Å²) >= 11 is 0. The van der Waals surface area contributed by atoms with Crippen molar-refractivity contribution in [3.63, 3.8) is 0 Å². The van der Waals surface area contributed by atoms with Gasteiger partial charge in [0.2, 0.25) is 0 Å². The van der Waals surface area contributed by atoms with E-state index in [2.05, 4.69) is 4.90 Å². The van der Waals surface area contributed by atoms with Gasteiger partial charge in [-0.3, -0.25) is 4.90 Å². The molecule has 0 radical (unpaired) electrons. The fraction of sp³-hybridized carbons (Fsp3) is 0.562. The predicted octanol–water partition coefficient (Wildman–Crippen LogP) is 3.68. The Bertz CT molecular complexity index is 468. The number of aromatic carboxylic acids is 1. The zero-order valence-electron chi connectivity index (χ0n) is 11.9. The fourth-order valence-corrected chi connectivity index (χ4v) is 2.96. The Kier molecular flexibility index (Phi) is 5.12. The second-order valence-corrected chi connectivity index (χ2v) is 5.64. The highest BCUT2D eigenvalue weighted by molar-refractivity contribution is 5.88. The van der Waals surface area contributed by atoms with Crippen LogP contribution in [0.5, 0.6) is 0 Å². The summed E-state index contributed by atoms with van der Waals surface area (Å²) in [6.45, 7) is 0.470. The van der Waals surface area contributed by atoms with Crippen molar-refractivity contribution >= 4 is 5.97 Å². The van der Waals surface area contributed by atoms with Crippen molar-refractivity contribution in [3.05, 3.63) is 35.1 Å². The molecule has 1 saturated carbocycles. The summed E-state index contributed by atoms with van der Waals surface area (Å²) in [6, 6.07) is 5.08. The molecule has 0 unspecified atom stereocenters. The predicted molar refractivity (Wildman–Crippen MR) is 76.3 cm³/mol. The van der Waals surface area contributed by atoms with E-state index >= 15 is 0 Å². The first-order valence-electron chi connectivity index (χ1n) is 7.30. The van der Waals surface area contributed by atoms with E-state index < -0.39 is 11.8 Å². The van der Waals surface area contributed by atoms with Gasteiger partial charge in [0.15, 0.2) is 0 Å². The summed E-state index contributed by atoms with van der Waals surface area (Å²) in [6.07, 6.45) is 7.33. The van der Waals surface area contributed by atoms with Crippen LogP contribution in [0.3, 0.4) is 0 Å². The molecule has 0 heterocycles. The number of nitrogens with zero attached hydrogens (tertiary/aromatic N) is 1. The summed E-state index contributed by atoms with van der Waals surface area (Å²) in [5, 5.41) is 8.96. The van der Waals surface area contributed by atoms with E-state index in [0.717, 1.165) is 12.8 Å². The molecule has 1 aliphatic rings. The van der Waals surface area contributed by atoms with Crippen LogP contribution in [0.1, 0.15) is 54.4 Å².